The molecule has 64 valence electrons. The van der Waals surface area contributed by atoms with E-state index < -0.39 is 0 Å². The van der Waals surface area contributed by atoms with Crippen LogP contribution in [0.3, 0.4) is 0 Å². The Balaban J connectivity index is 2.42. The van der Waals surface area contributed by atoms with Crippen LogP contribution in [-0.2, 0) is 0 Å². The summed E-state index contributed by atoms with van der Waals surface area (Å²) in [6.45, 7) is 0. The number of hydrogen-bond acceptors (Lipinski definition) is 4. The van der Waals surface area contributed by atoms with Crippen LogP contribution in [0.15, 0.2) is 30.6 Å². The van der Waals surface area contributed by atoms with Gasteiger partial charge in [-0.3, -0.25) is 0 Å². The Morgan fingerprint density at radius 2 is 1.54 bits per heavy atom. The minimum atomic E-state index is 0.564. The summed E-state index contributed by atoms with van der Waals surface area (Å²) >= 11 is 1.65. The van der Waals surface area contributed by atoms with Gasteiger partial charge < -0.3 is 0 Å². The van der Waals surface area contributed by atoms with Gasteiger partial charge in [0.25, 0.3) is 0 Å². The number of aromatic nitrogens is 4. The van der Waals surface area contributed by atoms with Gasteiger partial charge in [-0.15, -0.1) is 0 Å². The summed E-state index contributed by atoms with van der Waals surface area (Å²) in [5, 5.41) is 15.0. The number of hydrogen-bond donors (Lipinski definition) is 0. The Kier molecular flexibility index (Phi) is 2.55. The fourth-order valence-electron chi connectivity index (χ4n) is 0.919. The van der Waals surface area contributed by atoms with Crippen LogP contribution in [0.1, 0.15) is 0 Å². The van der Waals surface area contributed by atoms with Gasteiger partial charge in [-0.05, 0) is 0 Å². The first-order valence-electron chi connectivity index (χ1n) is 3.62. The van der Waals surface area contributed by atoms with Gasteiger partial charge in [0, 0.05) is 0 Å². The van der Waals surface area contributed by atoms with Crippen LogP contribution in [0, 0.1) is 24.7 Å². The molecule has 2 rings (SSSR count). The molecule has 0 spiro atoms. The molecule has 0 bridgehead atoms. The van der Waals surface area contributed by atoms with Crippen molar-refractivity contribution in [2.75, 3.05) is 0 Å². The molecule has 0 amide bonds. The number of rotatable bonds is 1. The summed E-state index contributed by atoms with van der Waals surface area (Å²) in [4.78, 5) is 0. The first-order chi connectivity index (χ1) is 6.36. The number of benzene rings is 1. The monoisotopic (exact) mass is 368 g/mol. The fraction of sp³-hybridized carbons (Fsp3) is 0. The van der Waals surface area contributed by atoms with E-state index in [4.69, 9.17) is 0 Å². The van der Waals surface area contributed by atoms with Crippen molar-refractivity contribution in [1.82, 2.24) is 20.4 Å². The van der Waals surface area contributed by atoms with E-state index in [1.807, 2.05) is 24.3 Å². The van der Waals surface area contributed by atoms with Crippen molar-refractivity contribution in [3.05, 3.63) is 30.6 Å². The molecule has 13 heavy (non-hydrogen) atoms. The summed E-state index contributed by atoms with van der Waals surface area (Å²) in [5.74, 6) is 0.564. The summed E-state index contributed by atoms with van der Waals surface area (Å²) in [6, 6.07) is 7.99. The third-order valence-electron chi connectivity index (χ3n) is 1.51. The topological polar surface area (TPSA) is 51.6 Å². The molecule has 0 aliphatic carbocycles. The molecule has 0 aliphatic rings. The average Bonchev–Trinajstić information content (AvgIpc) is 2.20. The van der Waals surface area contributed by atoms with Crippen LogP contribution in [0.25, 0.3) is 11.4 Å². The molecule has 0 saturated carbocycles. The van der Waals surface area contributed by atoms with Gasteiger partial charge in [0.2, 0.25) is 0 Å². The van der Waals surface area contributed by atoms with Gasteiger partial charge in [-0.1, -0.05) is 0 Å². The molecule has 0 fully saturated rings. The maximum absolute atomic E-state index is 3.86. The first-order valence-corrected chi connectivity index (χ1v) is 5.09. The summed E-state index contributed by atoms with van der Waals surface area (Å²) in [5.41, 5.74) is 0.945. The zero-order chi connectivity index (χ0) is 9.10. The molecule has 1 aromatic carbocycles. The van der Waals surface area contributed by atoms with Gasteiger partial charge in [0.15, 0.2) is 0 Å². The molecule has 0 aliphatic heterocycles. The first kappa shape index (κ1) is 8.63. The van der Waals surface area contributed by atoms with Crippen molar-refractivity contribution >= 4 is 3.27 Å². The van der Waals surface area contributed by atoms with Gasteiger partial charge in [-0.25, -0.2) is 0 Å². The van der Waals surface area contributed by atoms with Gasteiger partial charge in [-0.2, -0.15) is 0 Å². The van der Waals surface area contributed by atoms with Crippen molar-refractivity contribution in [3.63, 3.8) is 0 Å². The van der Waals surface area contributed by atoms with E-state index in [2.05, 4.69) is 20.4 Å². The van der Waals surface area contributed by atoms with E-state index in [0.717, 1.165) is 5.56 Å². The molecular formula is C8H5AtN4. The Bertz CT molecular complexity index is 387. The van der Waals surface area contributed by atoms with Crippen molar-refractivity contribution in [2.45, 2.75) is 0 Å². The molecule has 0 radical (unpaired) electrons. The maximum atomic E-state index is 3.86. The fourth-order valence-corrected chi connectivity index (χ4v) is 1.41. The summed E-state index contributed by atoms with van der Waals surface area (Å²) < 4.78 is 1.26. The molecule has 0 atom stereocenters. The van der Waals surface area contributed by atoms with E-state index in [-0.39, 0.29) is 0 Å². The normalized spacial score (nSPS) is 9.92. The minimum absolute atomic E-state index is 0.564. The molecule has 2 aromatic rings. The zero-order valence-corrected chi connectivity index (χ0v) is 9.49. The van der Waals surface area contributed by atoms with Gasteiger partial charge >= 0.3 is 90.4 Å². The van der Waals surface area contributed by atoms with Crippen molar-refractivity contribution in [3.8, 4) is 11.4 Å². The zero-order valence-electron chi connectivity index (χ0n) is 6.55. The quantitative estimate of drug-likeness (QED) is 0.717. The molecular weight excluding hydrogens is 363 g/mol. The van der Waals surface area contributed by atoms with Crippen LogP contribution in [0.4, 0.5) is 0 Å². The van der Waals surface area contributed by atoms with Crippen molar-refractivity contribution < 1.29 is 24.7 Å². The molecule has 0 N–H and O–H groups in total. The molecule has 0 unspecified atom stereocenters. The number of nitrogens with zero attached hydrogens (tertiary/aromatic N) is 4. The summed E-state index contributed by atoms with van der Waals surface area (Å²) in [7, 11) is 0. The molecule has 5 heteroatoms. The third-order valence-corrected chi connectivity index (χ3v) is 2.49. The second-order valence-corrected chi connectivity index (χ2v) is 4.07. The van der Waals surface area contributed by atoms with E-state index in [1.54, 1.807) is 24.7 Å². The molecule has 0 saturated heterocycles. The van der Waals surface area contributed by atoms with Crippen LogP contribution in [0.2, 0.25) is 0 Å². The predicted octanol–water partition coefficient (Wildman–Crippen LogP) is 0.108. The Morgan fingerprint density at radius 1 is 0.923 bits per heavy atom. The molecule has 1 heterocycles. The van der Waals surface area contributed by atoms with Crippen LogP contribution in [-0.4, -0.2) is 20.4 Å². The van der Waals surface area contributed by atoms with Gasteiger partial charge in [0.05, 0.1) is 0 Å². The Labute approximate surface area is 90.3 Å². The standard InChI is InChI=1S/C8H5AtN4/c9-7-3-1-6(2-4-7)8-12-10-5-11-13-8/h1-5H/i9+1. The van der Waals surface area contributed by atoms with Crippen LogP contribution < -0.4 is 3.27 Å². The SMILES string of the molecule is [211At]c1ccc(-c2nncnn2)cc1. The second-order valence-electron chi connectivity index (χ2n) is 2.38. The van der Waals surface area contributed by atoms with Gasteiger partial charge in [0.1, 0.15) is 0 Å². The van der Waals surface area contributed by atoms with E-state index in [9.17, 15) is 0 Å². The van der Waals surface area contributed by atoms with Crippen LogP contribution >= 0.6 is 0 Å². The van der Waals surface area contributed by atoms with Crippen LogP contribution in [0.5, 0.6) is 0 Å². The Morgan fingerprint density at radius 3 is 2.15 bits per heavy atom. The van der Waals surface area contributed by atoms with Crippen molar-refractivity contribution in [2.24, 2.45) is 0 Å². The second kappa shape index (κ2) is 3.83. The van der Waals surface area contributed by atoms with E-state index in [1.165, 1.54) is 9.60 Å². The van der Waals surface area contributed by atoms with E-state index in [0.29, 0.717) is 5.82 Å². The van der Waals surface area contributed by atoms with E-state index >= 15 is 0 Å². The third kappa shape index (κ3) is 2.04. The molecule has 4 nitrogen and oxygen atoms in total. The molecule has 1 aromatic heterocycles. The van der Waals surface area contributed by atoms with Crippen molar-refractivity contribution in [1.29, 1.82) is 0 Å². The summed E-state index contributed by atoms with van der Waals surface area (Å²) in [6.07, 6.45) is 1.32. The average molecular weight is 368 g/mol. The Hall–Kier alpha value is -0.957. The predicted molar refractivity (Wildman–Crippen MR) is 42.7 cm³/mol.